The van der Waals surface area contributed by atoms with Gasteiger partial charge in [-0.15, -0.1) is 0 Å². The average molecular weight is 189 g/mol. The van der Waals surface area contributed by atoms with Gasteiger partial charge in [0.05, 0.1) is 26.2 Å². The Balaban J connectivity index is 3.11. The van der Waals surface area contributed by atoms with E-state index in [9.17, 15) is 4.79 Å². The number of nitrogens with zero attached hydrogens (tertiary/aromatic N) is 1. The lowest BCUT2D eigenvalue weighted by Crippen LogP contribution is -2.19. The summed E-state index contributed by atoms with van der Waals surface area (Å²) in [6.45, 7) is 4.23. The summed E-state index contributed by atoms with van der Waals surface area (Å²) in [4.78, 5) is 12.9. The van der Waals surface area contributed by atoms with Gasteiger partial charge in [-0.2, -0.15) is 0 Å². The standard InChI is InChI=1S/C9H19NO3/c1-4-13-9(11)5-7-12-8-6-10(2)3/h4-8H2,1-3H3. The summed E-state index contributed by atoms with van der Waals surface area (Å²) in [6, 6.07) is 0. The van der Waals surface area contributed by atoms with Gasteiger partial charge in [-0.3, -0.25) is 4.79 Å². The predicted octanol–water partition coefficient (Wildman–Crippen LogP) is 0.518. The highest BCUT2D eigenvalue weighted by molar-refractivity contribution is 5.69. The third kappa shape index (κ3) is 9.30. The molecular weight excluding hydrogens is 170 g/mol. The zero-order chi connectivity index (χ0) is 10.1. The van der Waals surface area contributed by atoms with Crippen molar-refractivity contribution in [2.75, 3.05) is 40.5 Å². The number of esters is 1. The van der Waals surface area contributed by atoms with Gasteiger partial charge in [0.25, 0.3) is 0 Å². The highest BCUT2D eigenvalue weighted by atomic mass is 16.5. The second-order valence-electron chi connectivity index (χ2n) is 2.97. The topological polar surface area (TPSA) is 38.8 Å². The number of carbonyl (C=O) groups excluding carboxylic acids is 1. The van der Waals surface area contributed by atoms with E-state index in [-0.39, 0.29) is 5.97 Å². The van der Waals surface area contributed by atoms with Crippen LogP contribution in [-0.4, -0.2) is 51.3 Å². The van der Waals surface area contributed by atoms with E-state index in [4.69, 9.17) is 9.47 Å². The quantitative estimate of drug-likeness (QED) is 0.432. The van der Waals surface area contributed by atoms with E-state index >= 15 is 0 Å². The van der Waals surface area contributed by atoms with Gasteiger partial charge in [-0.1, -0.05) is 0 Å². The second kappa shape index (κ2) is 8.01. The number of hydrogen-bond acceptors (Lipinski definition) is 4. The van der Waals surface area contributed by atoms with Crippen LogP contribution >= 0.6 is 0 Å². The summed E-state index contributed by atoms with van der Waals surface area (Å²) in [7, 11) is 3.96. The third-order valence-corrected chi connectivity index (χ3v) is 1.44. The molecule has 0 aromatic heterocycles. The Labute approximate surface area is 79.8 Å². The van der Waals surface area contributed by atoms with Crippen LogP contribution in [0.25, 0.3) is 0 Å². The maximum atomic E-state index is 10.8. The van der Waals surface area contributed by atoms with Gasteiger partial charge in [-0.25, -0.2) is 0 Å². The van der Waals surface area contributed by atoms with Crippen molar-refractivity contribution in [2.24, 2.45) is 0 Å². The molecule has 0 aliphatic carbocycles. The molecule has 0 unspecified atom stereocenters. The minimum Gasteiger partial charge on any atom is -0.466 e. The van der Waals surface area contributed by atoms with Gasteiger partial charge in [0.2, 0.25) is 0 Å². The molecule has 0 radical (unpaired) electrons. The molecule has 13 heavy (non-hydrogen) atoms. The molecule has 0 aromatic carbocycles. The van der Waals surface area contributed by atoms with E-state index in [2.05, 4.69) is 0 Å². The van der Waals surface area contributed by atoms with E-state index in [0.717, 1.165) is 6.54 Å². The van der Waals surface area contributed by atoms with Gasteiger partial charge in [0.1, 0.15) is 0 Å². The fourth-order valence-corrected chi connectivity index (χ4v) is 0.738. The van der Waals surface area contributed by atoms with Crippen molar-refractivity contribution in [2.45, 2.75) is 13.3 Å². The Morgan fingerprint density at radius 3 is 2.54 bits per heavy atom. The monoisotopic (exact) mass is 189 g/mol. The van der Waals surface area contributed by atoms with Crippen LogP contribution in [0.1, 0.15) is 13.3 Å². The fourth-order valence-electron chi connectivity index (χ4n) is 0.738. The summed E-state index contributed by atoms with van der Waals surface area (Å²) in [6.07, 6.45) is 0.348. The molecule has 0 N–H and O–H groups in total. The van der Waals surface area contributed by atoms with Crippen molar-refractivity contribution in [1.29, 1.82) is 0 Å². The van der Waals surface area contributed by atoms with Crippen LogP contribution in [0.15, 0.2) is 0 Å². The molecule has 0 rings (SSSR count). The lowest BCUT2D eigenvalue weighted by molar-refractivity contribution is -0.144. The molecule has 0 fully saturated rings. The fraction of sp³-hybridized carbons (Fsp3) is 0.889. The molecule has 0 spiro atoms. The van der Waals surface area contributed by atoms with Crippen LogP contribution in [0.4, 0.5) is 0 Å². The molecule has 0 aliphatic heterocycles. The molecule has 0 saturated heterocycles. The van der Waals surface area contributed by atoms with E-state index in [0.29, 0.717) is 26.2 Å². The van der Waals surface area contributed by atoms with E-state index < -0.39 is 0 Å². The molecule has 4 heteroatoms. The van der Waals surface area contributed by atoms with Gasteiger partial charge in [0, 0.05) is 6.54 Å². The maximum Gasteiger partial charge on any atom is 0.308 e. The van der Waals surface area contributed by atoms with Crippen LogP contribution in [-0.2, 0) is 14.3 Å². The van der Waals surface area contributed by atoms with Crippen molar-refractivity contribution in [3.05, 3.63) is 0 Å². The Bertz CT molecular complexity index is 137. The summed E-state index contributed by atoms with van der Waals surface area (Å²) >= 11 is 0. The first-order valence-corrected chi connectivity index (χ1v) is 4.55. The summed E-state index contributed by atoms with van der Waals surface area (Å²) in [5, 5.41) is 0. The molecule has 0 aromatic rings. The Morgan fingerprint density at radius 1 is 1.31 bits per heavy atom. The number of rotatable bonds is 7. The van der Waals surface area contributed by atoms with Crippen molar-refractivity contribution in [3.63, 3.8) is 0 Å². The van der Waals surface area contributed by atoms with E-state index in [1.165, 1.54) is 0 Å². The third-order valence-electron chi connectivity index (χ3n) is 1.44. The van der Waals surface area contributed by atoms with Gasteiger partial charge in [0.15, 0.2) is 0 Å². The largest absolute Gasteiger partial charge is 0.466 e. The van der Waals surface area contributed by atoms with Crippen LogP contribution in [0.2, 0.25) is 0 Å². The highest BCUT2D eigenvalue weighted by Crippen LogP contribution is 1.88. The normalized spacial score (nSPS) is 10.5. The van der Waals surface area contributed by atoms with Crippen molar-refractivity contribution in [1.82, 2.24) is 4.90 Å². The molecule has 0 heterocycles. The minimum atomic E-state index is -0.188. The lowest BCUT2D eigenvalue weighted by Gasteiger charge is -2.09. The Kier molecular flexibility index (Phi) is 7.63. The number of hydrogen-bond donors (Lipinski definition) is 0. The molecule has 0 amide bonds. The molecule has 78 valence electrons. The number of likely N-dealkylation sites (N-methyl/N-ethyl adjacent to an activating group) is 1. The van der Waals surface area contributed by atoms with Gasteiger partial charge >= 0.3 is 5.97 Å². The van der Waals surface area contributed by atoms with Crippen LogP contribution in [0.5, 0.6) is 0 Å². The van der Waals surface area contributed by atoms with E-state index in [1.807, 2.05) is 19.0 Å². The Hall–Kier alpha value is -0.610. The van der Waals surface area contributed by atoms with Crippen LogP contribution in [0, 0.1) is 0 Å². The summed E-state index contributed by atoms with van der Waals surface area (Å²) in [5.74, 6) is -0.188. The first-order valence-electron chi connectivity index (χ1n) is 4.55. The first kappa shape index (κ1) is 12.4. The maximum absolute atomic E-state index is 10.8. The highest BCUT2D eigenvalue weighted by Gasteiger charge is 2.00. The second-order valence-corrected chi connectivity index (χ2v) is 2.97. The first-order chi connectivity index (χ1) is 6.16. The zero-order valence-electron chi connectivity index (χ0n) is 8.71. The molecular formula is C9H19NO3. The SMILES string of the molecule is CCOC(=O)CCOCCN(C)C. The van der Waals surface area contributed by atoms with Crippen molar-refractivity contribution >= 4 is 5.97 Å². The summed E-state index contributed by atoms with van der Waals surface area (Å²) < 4.78 is 9.96. The molecule has 0 bridgehead atoms. The average Bonchev–Trinajstić information content (AvgIpc) is 2.03. The zero-order valence-corrected chi connectivity index (χ0v) is 8.71. The van der Waals surface area contributed by atoms with Crippen LogP contribution in [0.3, 0.4) is 0 Å². The van der Waals surface area contributed by atoms with Crippen molar-refractivity contribution < 1.29 is 14.3 Å². The predicted molar refractivity (Wildman–Crippen MR) is 50.6 cm³/mol. The molecule has 0 saturated carbocycles. The molecule has 0 aliphatic rings. The molecule has 4 nitrogen and oxygen atoms in total. The molecule has 0 atom stereocenters. The summed E-state index contributed by atoms with van der Waals surface area (Å²) in [5.41, 5.74) is 0. The lowest BCUT2D eigenvalue weighted by atomic mass is 10.4. The van der Waals surface area contributed by atoms with E-state index in [1.54, 1.807) is 6.92 Å². The number of ether oxygens (including phenoxy) is 2. The smallest absolute Gasteiger partial charge is 0.308 e. The van der Waals surface area contributed by atoms with Gasteiger partial charge < -0.3 is 14.4 Å². The van der Waals surface area contributed by atoms with Gasteiger partial charge in [-0.05, 0) is 21.0 Å². The van der Waals surface area contributed by atoms with Crippen molar-refractivity contribution in [3.8, 4) is 0 Å². The van der Waals surface area contributed by atoms with Crippen LogP contribution < -0.4 is 0 Å². The minimum absolute atomic E-state index is 0.188. The Morgan fingerprint density at radius 2 is 2.00 bits per heavy atom. The number of carbonyl (C=O) groups is 1.